The molecule has 0 aliphatic carbocycles. The number of carbonyl (C=O) groups excluding carboxylic acids is 3. The third kappa shape index (κ3) is 5.04. The summed E-state index contributed by atoms with van der Waals surface area (Å²) in [5.74, 6) is -0.919. The minimum atomic E-state index is -0.650. The van der Waals surface area contributed by atoms with Gasteiger partial charge in [-0.25, -0.2) is 4.79 Å². The van der Waals surface area contributed by atoms with Gasteiger partial charge in [0.25, 0.3) is 0 Å². The summed E-state index contributed by atoms with van der Waals surface area (Å²) in [5, 5.41) is 0. The van der Waals surface area contributed by atoms with E-state index in [1.807, 2.05) is 68.4 Å². The molecule has 0 N–H and O–H groups in total. The maximum absolute atomic E-state index is 14.0. The van der Waals surface area contributed by atoms with Gasteiger partial charge in [0.2, 0.25) is 11.8 Å². The van der Waals surface area contributed by atoms with Crippen LogP contribution in [0.15, 0.2) is 91.0 Å². The minimum Gasteiger partial charge on any atom is -0.467 e. The Morgan fingerprint density at radius 2 is 1.29 bits per heavy atom. The third-order valence-corrected chi connectivity index (χ3v) is 8.69. The van der Waals surface area contributed by atoms with E-state index in [1.54, 1.807) is 11.9 Å². The van der Waals surface area contributed by atoms with Gasteiger partial charge >= 0.3 is 5.97 Å². The fourth-order valence-corrected chi connectivity index (χ4v) is 6.53. The number of likely N-dealkylation sites (N-methyl/N-ethyl adjacent to an activating group) is 1. The SMILES string of the molecule is COC(=O)C(C(C)C)N(C)C(=O)C1CN(C(=O)[C@@H]2CCN2C(c2ccccc2)(c2ccccc2)c2ccccc2)C1. The lowest BCUT2D eigenvalue weighted by Crippen LogP contribution is -2.68. The molecule has 7 nitrogen and oxygen atoms in total. The van der Waals surface area contributed by atoms with Gasteiger partial charge in [0.1, 0.15) is 6.04 Å². The monoisotopic (exact) mass is 553 g/mol. The van der Waals surface area contributed by atoms with Gasteiger partial charge < -0.3 is 14.5 Å². The highest BCUT2D eigenvalue weighted by Gasteiger charge is 2.53. The first-order chi connectivity index (χ1) is 19.8. The van der Waals surface area contributed by atoms with E-state index < -0.39 is 17.6 Å². The van der Waals surface area contributed by atoms with E-state index in [1.165, 1.54) is 12.0 Å². The van der Waals surface area contributed by atoms with Crippen molar-refractivity contribution in [2.24, 2.45) is 11.8 Å². The molecule has 2 aliphatic rings. The van der Waals surface area contributed by atoms with E-state index in [0.717, 1.165) is 29.7 Å². The number of rotatable bonds is 9. The molecule has 2 saturated heterocycles. The minimum absolute atomic E-state index is 0.0449. The van der Waals surface area contributed by atoms with Crippen LogP contribution >= 0.6 is 0 Å². The zero-order valence-corrected chi connectivity index (χ0v) is 24.3. The van der Waals surface area contributed by atoms with Crippen molar-refractivity contribution >= 4 is 17.8 Å². The number of benzene rings is 3. The predicted octanol–water partition coefficient (Wildman–Crippen LogP) is 4.17. The van der Waals surface area contributed by atoms with Gasteiger partial charge in [-0.2, -0.15) is 0 Å². The average molecular weight is 554 g/mol. The Morgan fingerprint density at radius 1 is 0.829 bits per heavy atom. The van der Waals surface area contributed by atoms with Crippen LogP contribution in [0, 0.1) is 11.8 Å². The second kappa shape index (κ2) is 11.9. The van der Waals surface area contributed by atoms with Crippen LogP contribution in [0.25, 0.3) is 0 Å². The molecule has 2 aliphatic heterocycles. The van der Waals surface area contributed by atoms with Crippen LogP contribution in [0.2, 0.25) is 0 Å². The summed E-state index contributed by atoms with van der Waals surface area (Å²) in [5.41, 5.74) is 2.68. The Bertz CT molecular complexity index is 1260. The number of carbonyl (C=O) groups is 3. The topological polar surface area (TPSA) is 70.2 Å². The third-order valence-electron chi connectivity index (χ3n) is 8.69. The highest BCUT2D eigenvalue weighted by atomic mass is 16.5. The summed E-state index contributed by atoms with van der Waals surface area (Å²) in [6.07, 6.45) is 0.750. The summed E-state index contributed by atoms with van der Waals surface area (Å²) in [6, 6.07) is 30.2. The molecular weight excluding hydrogens is 514 g/mol. The molecule has 2 heterocycles. The Hall–Kier alpha value is -3.97. The van der Waals surface area contributed by atoms with Gasteiger partial charge in [0.05, 0.1) is 24.6 Å². The van der Waals surface area contributed by atoms with E-state index in [-0.39, 0.29) is 29.7 Å². The number of likely N-dealkylation sites (tertiary alicyclic amines) is 2. The molecule has 5 rings (SSSR count). The lowest BCUT2D eigenvalue weighted by Gasteiger charge is -2.56. The van der Waals surface area contributed by atoms with Gasteiger partial charge in [-0.3, -0.25) is 14.5 Å². The first-order valence-corrected chi connectivity index (χ1v) is 14.4. The van der Waals surface area contributed by atoms with Crippen LogP contribution in [-0.2, 0) is 24.7 Å². The first kappa shape index (κ1) is 28.6. The zero-order valence-electron chi connectivity index (χ0n) is 24.3. The number of hydrogen-bond acceptors (Lipinski definition) is 5. The van der Waals surface area contributed by atoms with E-state index in [2.05, 4.69) is 41.3 Å². The largest absolute Gasteiger partial charge is 0.467 e. The van der Waals surface area contributed by atoms with Crippen LogP contribution in [0.4, 0.5) is 0 Å². The number of amides is 2. The van der Waals surface area contributed by atoms with E-state index in [4.69, 9.17) is 4.74 Å². The lowest BCUT2D eigenvalue weighted by molar-refractivity contribution is -0.162. The van der Waals surface area contributed by atoms with E-state index in [0.29, 0.717) is 13.1 Å². The Labute approximate surface area is 242 Å². The summed E-state index contributed by atoms with van der Waals surface area (Å²) in [4.78, 5) is 45.2. The molecule has 41 heavy (non-hydrogen) atoms. The summed E-state index contributed by atoms with van der Waals surface area (Å²) < 4.78 is 4.94. The highest BCUT2D eigenvalue weighted by Crippen LogP contribution is 2.47. The van der Waals surface area contributed by atoms with Crippen molar-refractivity contribution in [3.63, 3.8) is 0 Å². The van der Waals surface area contributed by atoms with Crippen molar-refractivity contribution < 1.29 is 19.1 Å². The first-order valence-electron chi connectivity index (χ1n) is 14.4. The van der Waals surface area contributed by atoms with Gasteiger partial charge in [-0.1, -0.05) is 105 Å². The second-order valence-corrected chi connectivity index (χ2v) is 11.4. The quantitative estimate of drug-likeness (QED) is 0.294. The van der Waals surface area contributed by atoms with Crippen LogP contribution in [0.5, 0.6) is 0 Å². The average Bonchev–Trinajstić information content (AvgIpc) is 2.95. The number of esters is 1. The Balaban J connectivity index is 1.41. The number of ether oxygens (including phenoxy) is 1. The van der Waals surface area contributed by atoms with Crippen LogP contribution in [-0.4, -0.2) is 78.4 Å². The van der Waals surface area contributed by atoms with E-state index >= 15 is 0 Å². The maximum Gasteiger partial charge on any atom is 0.328 e. The maximum atomic E-state index is 14.0. The molecule has 0 saturated carbocycles. The molecular formula is C34H39N3O4. The molecule has 0 radical (unpaired) electrons. The molecule has 3 aromatic carbocycles. The van der Waals surface area contributed by atoms with Gasteiger partial charge in [-0.15, -0.1) is 0 Å². The predicted molar refractivity (Wildman–Crippen MR) is 158 cm³/mol. The fourth-order valence-electron chi connectivity index (χ4n) is 6.53. The molecule has 2 amide bonds. The van der Waals surface area contributed by atoms with Crippen molar-refractivity contribution in [2.45, 2.75) is 37.9 Å². The summed E-state index contributed by atoms with van der Waals surface area (Å²) in [7, 11) is 2.99. The molecule has 0 bridgehead atoms. The zero-order chi connectivity index (χ0) is 29.1. The lowest BCUT2D eigenvalue weighted by atomic mass is 9.72. The smallest absolute Gasteiger partial charge is 0.328 e. The fraction of sp³-hybridized carbons (Fsp3) is 0.382. The Morgan fingerprint density at radius 3 is 1.66 bits per heavy atom. The number of methoxy groups -OCH3 is 1. The van der Waals surface area contributed by atoms with Gasteiger partial charge in [0, 0.05) is 26.7 Å². The van der Waals surface area contributed by atoms with Crippen molar-refractivity contribution in [3.8, 4) is 0 Å². The molecule has 3 aromatic rings. The molecule has 2 atom stereocenters. The van der Waals surface area contributed by atoms with Crippen LogP contribution in [0.3, 0.4) is 0 Å². The molecule has 0 spiro atoms. The molecule has 0 aromatic heterocycles. The van der Waals surface area contributed by atoms with E-state index in [9.17, 15) is 14.4 Å². The second-order valence-electron chi connectivity index (χ2n) is 11.4. The van der Waals surface area contributed by atoms with Gasteiger partial charge in [-0.05, 0) is 29.0 Å². The number of nitrogens with zero attached hydrogens (tertiary/aromatic N) is 3. The van der Waals surface area contributed by atoms with Crippen molar-refractivity contribution in [1.29, 1.82) is 0 Å². The standard InChI is InChI=1S/C34H39N3O4/c1-24(2)30(33(40)41-4)35(3)31(38)25-22-36(23-25)32(39)29-20-21-37(29)34(26-14-8-5-9-15-26,27-16-10-6-11-17-27)28-18-12-7-13-19-28/h5-19,24-25,29-30H,20-23H2,1-4H3/t29-,30?/m0/s1. The van der Waals surface area contributed by atoms with Crippen molar-refractivity contribution in [1.82, 2.24) is 14.7 Å². The highest BCUT2D eigenvalue weighted by molar-refractivity contribution is 5.90. The molecule has 2 fully saturated rings. The van der Waals surface area contributed by atoms with Gasteiger partial charge in [0.15, 0.2) is 0 Å². The molecule has 7 heteroatoms. The van der Waals surface area contributed by atoms with Crippen molar-refractivity contribution in [2.75, 3.05) is 33.8 Å². The summed E-state index contributed by atoms with van der Waals surface area (Å²) in [6.45, 7) is 5.27. The number of hydrogen-bond donors (Lipinski definition) is 0. The Kier molecular flexibility index (Phi) is 8.27. The summed E-state index contributed by atoms with van der Waals surface area (Å²) >= 11 is 0. The van der Waals surface area contributed by atoms with Crippen LogP contribution in [0.1, 0.15) is 37.0 Å². The van der Waals surface area contributed by atoms with Crippen molar-refractivity contribution in [3.05, 3.63) is 108 Å². The van der Waals surface area contributed by atoms with Crippen LogP contribution < -0.4 is 0 Å². The normalized spacial score (nSPS) is 18.3. The molecule has 1 unspecified atom stereocenters. The molecule has 214 valence electrons.